The fourth-order valence-electron chi connectivity index (χ4n) is 2.15. The Morgan fingerprint density at radius 3 is 2.88 bits per heavy atom. The molecule has 0 spiro atoms. The summed E-state index contributed by atoms with van der Waals surface area (Å²) in [5.41, 5.74) is 2.38. The van der Waals surface area contributed by atoms with Crippen molar-refractivity contribution in [2.75, 3.05) is 5.32 Å². The van der Waals surface area contributed by atoms with Gasteiger partial charge in [0.1, 0.15) is 12.1 Å². The standard InChI is InChI=1S/C17H15FN4OS/c1-11-6-7-13(8-15(11)18)21-16(23)14-5-3-2-4-12(14)9-24-17-19-10-20-22-17/h2-8,10H,9H2,1H3,(H,21,23)(H,19,20,22). The summed E-state index contributed by atoms with van der Waals surface area (Å²) in [6, 6.07) is 11.9. The second kappa shape index (κ2) is 7.27. The maximum atomic E-state index is 13.6. The third-order valence-electron chi connectivity index (χ3n) is 3.45. The molecule has 2 N–H and O–H groups in total. The highest BCUT2D eigenvalue weighted by molar-refractivity contribution is 7.98. The number of nitrogens with one attached hydrogen (secondary N) is 2. The molecule has 0 saturated carbocycles. The second-order valence-corrected chi connectivity index (χ2v) is 6.12. The van der Waals surface area contributed by atoms with Crippen LogP contribution in [0.5, 0.6) is 0 Å². The van der Waals surface area contributed by atoms with Gasteiger partial charge in [0, 0.05) is 17.0 Å². The normalized spacial score (nSPS) is 10.6. The number of nitrogens with zero attached hydrogens (tertiary/aromatic N) is 2. The number of halogens is 1. The molecule has 0 bridgehead atoms. The summed E-state index contributed by atoms with van der Waals surface area (Å²) in [5.74, 6) is -0.0462. The summed E-state index contributed by atoms with van der Waals surface area (Å²) in [7, 11) is 0. The van der Waals surface area contributed by atoms with Crippen LogP contribution in [0.1, 0.15) is 21.5 Å². The molecule has 3 aromatic rings. The van der Waals surface area contributed by atoms with E-state index < -0.39 is 0 Å². The number of carbonyl (C=O) groups is 1. The highest BCUT2D eigenvalue weighted by Gasteiger charge is 2.12. The fourth-order valence-corrected chi connectivity index (χ4v) is 2.93. The summed E-state index contributed by atoms with van der Waals surface area (Å²) < 4.78 is 13.6. The smallest absolute Gasteiger partial charge is 0.255 e. The monoisotopic (exact) mass is 342 g/mol. The van der Waals surface area contributed by atoms with E-state index in [1.54, 1.807) is 31.2 Å². The lowest BCUT2D eigenvalue weighted by molar-refractivity contribution is 0.102. The number of aryl methyl sites for hydroxylation is 1. The fraction of sp³-hybridized carbons (Fsp3) is 0.118. The molecule has 0 atom stereocenters. The predicted molar refractivity (Wildman–Crippen MR) is 91.5 cm³/mol. The number of hydrogen-bond donors (Lipinski definition) is 2. The Morgan fingerprint density at radius 2 is 2.12 bits per heavy atom. The lowest BCUT2D eigenvalue weighted by Crippen LogP contribution is -2.14. The Bertz CT molecular complexity index is 852. The number of anilines is 1. The molecule has 0 aliphatic heterocycles. The van der Waals surface area contributed by atoms with Crippen molar-refractivity contribution in [3.63, 3.8) is 0 Å². The average Bonchev–Trinajstić information content (AvgIpc) is 3.10. The van der Waals surface area contributed by atoms with Crippen LogP contribution in [0.15, 0.2) is 53.9 Å². The number of rotatable bonds is 5. The largest absolute Gasteiger partial charge is 0.322 e. The lowest BCUT2D eigenvalue weighted by Gasteiger charge is -2.10. The van der Waals surface area contributed by atoms with Crippen molar-refractivity contribution < 1.29 is 9.18 Å². The number of amides is 1. The third-order valence-corrected chi connectivity index (χ3v) is 4.37. The number of H-pyrrole nitrogens is 1. The third kappa shape index (κ3) is 3.80. The molecule has 5 nitrogen and oxygen atoms in total. The molecule has 1 amide bonds. The molecule has 1 heterocycles. The van der Waals surface area contributed by atoms with Gasteiger partial charge in [-0.05, 0) is 36.2 Å². The molecule has 24 heavy (non-hydrogen) atoms. The molecule has 0 aliphatic rings. The van der Waals surface area contributed by atoms with Gasteiger partial charge in [0.15, 0.2) is 5.16 Å². The minimum Gasteiger partial charge on any atom is -0.322 e. The van der Waals surface area contributed by atoms with Gasteiger partial charge >= 0.3 is 0 Å². The first-order valence-corrected chi connectivity index (χ1v) is 8.25. The Morgan fingerprint density at radius 1 is 1.29 bits per heavy atom. The van der Waals surface area contributed by atoms with Crippen LogP contribution < -0.4 is 5.32 Å². The van der Waals surface area contributed by atoms with E-state index in [-0.39, 0.29) is 11.7 Å². The molecule has 2 aromatic carbocycles. The minimum absolute atomic E-state index is 0.271. The lowest BCUT2D eigenvalue weighted by atomic mass is 10.1. The summed E-state index contributed by atoms with van der Waals surface area (Å²) in [4.78, 5) is 16.6. The van der Waals surface area contributed by atoms with Crippen LogP contribution >= 0.6 is 11.8 Å². The van der Waals surface area contributed by atoms with Crippen LogP contribution in [0, 0.1) is 12.7 Å². The van der Waals surface area contributed by atoms with Crippen molar-refractivity contribution in [1.29, 1.82) is 0 Å². The van der Waals surface area contributed by atoms with Gasteiger partial charge in [0.25, 0.3) is 5.91 Å². The van der Waals surface area contributed by atoms with E-state index in [1.807, 2.05) is 12.1 Å². The van der Waals surface area contributed by atoms with Gasteiger partial charge in [-0.3, -0.25) is 9.89 Å². The van der Waals surface area contributed by atoms with Crippen LogP contribution in [0.2, 0.25) is 0 Å². The van der Waals surface area contributed by atoms with E-state index in [9.17, 15) is 9.18 Å². The molecular formula is C17H15FN4OS. The molecule has 7 heteroatoms. The van der Waals surface area contributed by atoms with E-state index in [1.165, 1.54) is 24.2 Å². The first-order valence-electron chi connectivity index (χ1n) is 7.27. The van der Waals surface area contributed by atoms with E-state index in [0.29, 0.717) is 27.7 Å². The summed E-state index contributed by atoms with van der Waals surface area (Å²) >= 11 is 1.45. The molecule has 0 radical (unpaired) electrons. The highest BCUT2D eigenvalue weighted by Crippen LogP contribution is 2.22. The molecule has 122 valence electrons. The van der Waals surface area contributed by atoms with E-state index in [0.717, 1.165) is 5.56 Å². The van der Waals surface area contributed by atoms with E-state index in [2.05, 4.69) is 20.5 Å². The second-order valence-electron chi connectivity index (χ2n) is 5.15. The molecule has 0 unspecified atom stereocenters. The SMILES string of the molecule is Cc1ccc(NC(=O)c2ccccc2CSc2ncn[nH]2)cc1F. The van der Waals surface area contributed by atoms with Gasteiger partial charge in [0.2, 0.25) is 0 Å². The van der Waals surface area contributed by atoms with Crippen molar-refractivity contribution in [3.05, 3.63) is 71.3 Å². The Kier molecular flexibility index (Phi) is 4.90. The van der Waals surface area contributed by atoms with Crippen LogP contribution in [-0.4, -0.2) is 21.1 Å². The van der Waals surface area contributed by atoms with Crippen LogP contribution in [0.25, 0.3) is 0 Å². The Hall–Kier alpha value is -2.67. The first kappa shape index (κ1) is 16.2. The van der Waals surface area contributed by atoms with E-state index >= 15 is 0 Å². The number of benzene rings is 2. The van der Waals surface area contributed by atoms with Crippen molar-refractivity contribution >= 4 is 23.4 Å². The number of thioether (sulfide) groups is 1. The van der Waals surface area contributed by atoms with Gasteiger partial charge in [-0.2, -0.15) is 5.10 Å². The van der Waals surface area contributed by atoms with Crippen molar-refractivity contribution in [2.24, 2.45) is 0 Å². The van der Waals surface area contributed by atoms with Crippen molar-refractivity contribution in [2.45, 2.75) is 17.8 Å². The topological polar surface area (TPSA) is 70.7 Å². The highest BCUT2D eigenvalue weighted by atomic mass is 32.2. The zero-order chi connectivity index (χ0) is 16.9. The summed E-state index contributed by atoms with van der Waals surface area (Å²) in [6.07, 6.45) is 1.44. The maximum absolute atomic E-state index is 13.6. The van der Waals surface area contributed by atoms with Crippen LogP contribution in [0.3, 0.4) is 0 Å². The Labute approximate surface area is 142 Å². The zero-order valence-corrected chi connectivity index (χ0v) is 13.7. The van der Waals surface area contributed by atoms with Crippen molar-refractivity contribution in [1.82, 2.24) is 15.2 Å². The molecule has 3 rings (SSSR count). The van der Waals surface area contributed by atoms with Gasteiger partial charge < -0.3 is 5.32 Å². The predicted octanol–water partition coefficient (Wildman–Crippen LogP) is 3.80. The summed E-state index contributed by atoms with van der Waals surface area (Å²) in [6.45, 7) is 1.68. The maximum Gasteiger partial charge on any atom is 0.255 e. The van der Waals surface area contributed by atoms with Gasteiger partial charge in [-0.25, -0.2) is 9.37 Å². The van der Waals surface area contributed by atoms with Gasteiger partial charge in [-0.15, -0.1) is 0 Å². The quantitative estimate of drug-likeness (QED) is 0.692. The number of carbonyl (C=O) groups excluding carboxylic acids is 1. The Balaban J connectivity index is 1.75. The average molecular weight is 342 g/mol. The van der Waals surface area contributed by atoms with Crippen LogP contribution in [-0.2, 0) is 5.75 Å². The van der Waals surface area contributed by atoms with E-state index in [4.69, 9.17) is 0 Å². The molecule has 1 aromatic heterocycles. The molecule has 0 aliphatic carbocycles. The van der Waals surface area contributed by atoms with Crippen LogP contribution in [0.4, 0.5) is 10.1 Å². The van der Waals surface area contributed by atoms with Gasteiger partial charge in [-0.1, -0.05) is 36.0 Å². The number of aromatic nitrogens is 3. The molecule has 0 fully saturated rings. The van der Waals surface area contributed by atoms with Crippen molar-refractivity contribution in [3.8, 4) is 0 Å². The molecular weight excluding hydrogens is 327 g/mol. The number of aromatic amines is 1. The summed E-state index contributed by atoms with van der Waals surface area (Å²) in [5, 5.41) is 9.98. The molecule has 0 saturated heterocycles. The number of hydrogen-bond acceptors (Lipinski definition) is 4. The zero-order valence-electron chi connectivity index (χ0n) is 12.9. The minimum atomic E-state index is -0.345. The first-order chi connectivity index (χ1) is 11.6. The van der Waals surface area contributed by atoms with Gasteiger partial charge in [0.05, 0.1) is 0 Å².